The second-order valence-corrected chi connectivity index (χ2v) is 7.08. The summed E-state index contributed by atoms with van der Waals surface area (Å²) in [5, 5.41) is 16.3. The van der Waals surface area contributed by atoms with Crippen LogP contribution in [0.25, 0.3) is 0 Å². The molecule has 5 rings (SSSR count). The third-order valence-electron chi connectivity index (χ3n) is 5.14. The Labute approximate surface area is 134 Å². The molecule has 0 aromatic carbocycles. The smallest absolute Gasteiger partial charge is 0.291 e. The first-order chi connectivity index (χ1) is 10.5. The molecule has 7 heteroatoms. The molecule has 1 aromatic rings. The number of halogens is 1. The lowest BCUT2D eigenvalue weighted by atomic mass is 9.75. The molecular formula is C15H19ClN4O2. The number of hydrogen-bond donors (Lipinski definition) is 1. The zero-order valence-corrected chi connectivity index (χ0v) is 13.3. The van der Waals surface area contributed by atoms with Crippen molar-refractivity contribution < 1.29 is 9.38 Å². The number of ether oxygens (including phenoxy) is 1. The van der Waals surface area contributed by atoms with Crippen molar-refractivity contribution in [3.05, 3.63) is 28.1 Å². The minimum atomic E-state index is -0.415. The van der Waals surface area contributed by atoms with Crippen LogP contribution in [-0.2, 0) is 4.74 Å². The largest absolute Gasteiger partial charge is 0.633 e. The second-order valence-electron chi connectivity index (χ2n) is 6.67. The zero-order chi connectivity index (χ0) is 15.4. The van der Waals surface area contributed by atoms with Crippen LogP contribution in [-0.4, -0.2) is 47.4 Å². The van der Waals surface area contributed by atoms with Crippen LogP contribution in [0.5, 0.6) is 0 Å². The number of pyridine rings is 1. The molecule has 5 heterocycles. The molecule has 0 unspecified atom stereocenters. The normalized spacial score (nSPS) is 36.3. The van der Waals surface area contributed by atoms with Gasteiger partial charge in [0.2, 0.25) is 0 Å². The monoisotopic (exact) mass is 322 g/mol. The number of quaternary nitrogens is 1. The van der Waals surface area contributed by atoms with E-state index in [4.69, 9.17) is 16.3 Å². The number of hydrogen-bond acceptors (Lipinski definition) is 5. The molecule has 1 atom stereocenters. The van der Waals surface area contributed by atoms with Crippen molar-refractivity contribution in [3.8, 4) is 0 Å². The van der Waals surface area contributed by atoms with E-state index in [1.165, 1.54) is 0 Å². The summed E-state index contributed by atoms with van der Waals surface area (Å²) in [6.07, 6.45) is 3.48. The Balaban J connectivity index is 1.49. The van der Waals surface area contributed by atoms with Crippen LogP contribution >= 0.6 is 11.6 Å². The molecule has 1 aromatic heterocycles. The fourth-order valence-electron chi connectivity index (χ4n) is 3.88. The Kier molecular flexibility index (Phi) is 3.11. The highest BCUT2D eigenvalue weighted by Crippen LogP contribution is 2.44. The molecule has 22 heavy (non-hydrogen) atoms. The van der Waals surface area contributed by atoms with Crippen molar-refractivity contribution in [2.24, 2.45) is 10.9 Å². The van der Waals surface area contributed by atoms with E-state index in [2.05, 4.69) is 15.3 Å². The number of fused-ring (bicyclic) bond motifs is 2. The maximum atomic E-state index is 12.6. The highest BCUT2D eigenvalue weighted by Gasteiger charge is 2.56. The minimum Gasteiger partial charge on any atom is -0.633 e. The van der Waals surface area contributed by atoms with E-state index in [0.717, 1.165) is 31.5 Å². The molecule has 118 valence electrons. The number of aryl methyl sites for hydroxylation is 1. The lowest BCUT2D eigenvalue weighted by Gasteiger charge is -2.58. The number of piperidine rings is 3. The average molecular weight is 323 g/mol. The summed E-state index contributed by atoms with van der Waals surface area (Å²) in [5.74, 6) is 1.09. The zero-order valence-electron chi connectivity index (χ0n) is 12.5. The van der Waals surface area contributed by atoms with Gasteiger partial charge in [-0.2, -0.15) is 0 Å². The SMILES string of the molecule is Cc1cc(NC2=NC[C@@]3(C[N+]4([O-])CCC3CC4)O2)ncc1Cl. The van der Waals surface area contributed by atoms with E-state index in [1.54, 1.807) is 6.20 Å². The molecule has 4 aliphatic rings. The number of nitrogens with zero attached hydrogens (tertiary/aromatic N) is 3. The Morgan fingerprint density at radius 1 is 1.45 bits per heavy atom. The first-order valence-electron chi connectivity index (χ1n) is 7.68. The van der Waals surface area contributed by atoms with Gasteiger partial charge in [-0.15, -0.1) is 0 Å². The van der Waals surface area contributed by atoms with Crippen molar-refractivity contribution in [1.82, 2.24) is 4.98 Å². The Hall–Kier alpha value is -1.37. The average Bonchev–Trinajstić information content (AvgIpc) is 2.85. The van der Waals surface area contributed by atoms with E-state index in [1.807, 2.05) is 13.0 Å². The van der Waals surface area contributed by atoms with Crippen LogP contribution in [0.4, 0.5) is 5.82 Å². The van der Waals surface area contributed by atoms with Gasteiger partial charge in [0.25, 0.3) is 6.02 Å². The molecule has 0 radical (unpaired) electrons. The summed E-state index contributed by atoms with van der Waals surface area (Å²) < 4.78 is 5.99. The van der Waals surface area contributed by atoms with E-state index in [-0.39, 0.29) is 4.65 Å². The summed E-state index contributed by atoms with van der Waals surface area (Å²) >= 11 is 5.98. The van der Waals surface area contributed by atoms with E-state index in [0.29, 0.717) is 35.9 Å². The van der Waals surface area contributed by atoms with Crippen LogP contribution in [0.1, 0.15) is 18.4 Å². The molecular weight excluding hydrogens is 304 g/mol. The van der Waals surface area contributed by atoms with Crippen molar-refractivity contribution in [2.75, 3.05) is 31.5 Å². The van der Waals surface area contributed by atoms with Gasteiger partial charge in [0.1, 0.15) is 12.4 Å². The summed E-state index contributed by atoms with van der Waals surface area (Å²) in [7, 11) is 0. The summed E-state index contributed by atoms with van der Waals surface area (Å²) in [5.41, 5.74) is 0.529. The number of aromatic nitrogens is 1. The number of anilines is 1. The molecule has 1 spiro atoms. The number of hydroxylamine groups is 3. The Bertz CT molecular complexity index is 642. The van der Waals surface area contributed by atoms with E-state index in [9.17, 15) is 5.21 Å². The van der Waals surface area contributed by atoms with Crippen molar-refractivity contribution in [1.29, 1.82) is 0 Å². The van der Waals surface area contributed by atoms with Crippen LogP contribution in [0.3, 0.4) is 0 Å². The molecule has 3 saturated heterocycles. The van der Waals surface area contributed by atoms with Crippen molar-refractivity contribution in [2.45, 2.75) is 25.4 Å². The first-order valence-corrected chi connectivity index (χ1v) is 8.06. The third-order valence-corrected chi connectivity index (χ3v) is 5.54. The number of rotatable bonds is 1. The molecule has 1 N–H and O–H groups in total. The quantitative estimate of drug-likeness (QED) is 0.636. The van der Waals surface area contributed by atoms with Gasteiger partial charge in [-0.3, -0.25) is 5.32 Å². The number of nitrogens with one attached hydrogen (secondary N) is 1. The molecule has 0 aliphatic carbocycles. The van der Waals surface area contributed by atoms with E-state index < -0.39 is 5.60 Å². The maximum Gasteiger partial charge on any atom is 0.291 e. The summed E-state index contributed by atoms with van der Waals surface area (Å²) in [4.78, 5) is 8.70. The van der Waals surface area contributed by atoms with Gasteiger partial charge in [-0.1, -0.05) is 11.6 Å². The summed E-state index contributed by atoms with van der Waals surface area (Å²) in [6, 6.07) is 2.33. The van der Waals surface area contributed by atoms with Gasteiger partial charge >= 0.3 is 0 Å². The van der Waals surface area contributed by atoms with Crippen molar-refractivity contribution >= 4 is 23.4 Å². The van der Waals surface area contributed by atoms with Gasteiger partial charge in [0.05, 0.1) is 24.7 Å². The predicted molar refractivity (Wildman–Crippen MR) is 84.7 cm³/mol. The highest BCUT2D eigenvalue weighted by atomic mass is 35.5. The van der Waals surface area contributed by atoms with Gasteiger partial charge in [0.15, 0.2) is 5.60 Å². The standard InChI is InChI=1S/C15H19ClN4O2/c1-10-6-13(17-7-12(10)16)19-14-18-8-15(22-14)9-20(21)4-2-11(15)3-5-20/h6-7,11H,2-5,8-9H2,1H3,(H,17,18,19)/t11?,15-,20?/m0/s1. The predicted octanol–water partition coefficient (Wildman–Crippen LogP) is 2.32. The Morgan fingerprint density at radius 2 is 2.23 bits per heavy atom. The third kappa shape index (κ3) is 2.26. The van der Waals surface area contributed by atoms with Crippen LogP contribution in [0.15, 0.2) is 17.3 Å². The van der Waals surface area contributed by atoms with E-state index >= 15 is 0 Å². The lowest BCUT2D eigenvalue weighted by molar-refractivity contribution is -0.905. The van der Waals surface area contributed by atoms with Crippen molar-refractivity contribution in [3.63, 3.8) is 0 Å². The molecule has 6 nitrogen and oxygen atoms in total. The number of aliphatic imine (C=N–C) groups is 1. The number of amidine groups is 1. The fourth-order valence-corrected chi connectivity index (χ4v) is 3.98. The van der Waals surface area contributed by atoms with Crippen LogP contribution in [0, 0.1) is 18.0 Å². The highest BCUT2D eigenvalue weighted by molar-refractivity contribution is 6.31. The van der Waals surface area contributed by atoms with Gasteiger partial charge in [-0.25, -0.2) is 9.98 Å². The van der Waals surface area contributed by atoms with Gasteiger partial charge < -0.3 is 14.6 Å². The minimum absolute atomic E-state index is 0.127. The van der Waals surface area contributed by atoms with Crippen LogP contribution in [0.2, 0.25) is 5.02 Å². The molecule has 4 aliphatic heterocycles. The topological polar surface area (TPSA) is 69.6 Å². The maximum absolute atomic E-state index is 12.6. The Morgan fingerprint density at radius 3 is 2.91 bits per heavy atom. The second kappa shape index (κ2) is 4.81. The van der Waals surface area contributed by atoms with Crippen LogP contribution < -0.4 is 5.32 Å². The van der Waals surface area contributed by atoms with Gasteiger partial charge in [0, 0.05) is 25.0 Å². The molecule has 3 fully saturated rings. The molecule has 0 saturated carbocycles. The fraction of sp³-hybridized carbons (Fsp3) is 0.600. The summed E-state index contributed by atoms with van der Waals surface area (Å²) in [6.45, 7) is 4.44. The molecule has 2 bridgehead atoms. The van der Waals surface area contributed by atoms with Gasteiger partial charge in [-0.05, 0) is 18.6 Å². The molecule has 0 amide bonds. The first kappa shape index (κ1) is 14.2. The lowest BCUT2D eigenvalue weighted by Crippen LogP contribution is -2.67.